The summed E-state index contributed by atoms with van der Waals surface area (Å²) in [5.74, 6) is -0.137. The van der Waals surface area contributed by atoms with Gasteiger partial charge >= 0.3 is 0 Å². The molecule has 0 saturated carbocycles. The van der Waals surface area contributed by atoms with Crippen LogP contribution in [0.2, 0.25) is 15.1 Å². The highest BCUT2D eigenvalue weighted by molar-refractivity contribution is 7.89. The van der Waals surface area contributed by atoms with Gasteiger partial charge in [-0.05, 0) is 30.3 Å². The van der Waals surface area contributed by atoms with E-state index in [1.54, 1.807) is 24.3 Å². The van der Waals surface area contributed by atoms with Gasteiger partial charge in [0.2, 0.25) is 15.9 Å². The number of halogens is 3. The van der Waals surface area contributed by atoms with Crippen molar-refractivity contribution in [1.82, 2.24) is 4.72 Å². The number of amides is 1. The molecule has 0 aromatic heterocycles. The number of nitrogens with one attached hydrogen (secondary N) is 2. The summed E-state index contributed by atoms with van der Waals surface area (Å²) in [6.45, 7) is -0.599. The Bertz CT molecular complexity index is 1350. The van der Waals surface area contributed by atoms with Crippen LogP contribution in [0.4, 0.5) is 5.69 Å². The molecule has 0 spiro atoms. The average Bonchev–Trinajstić information content (AvgIpc) is 2.84. The summed E-state index contributed by atoms with van der Waals surface area (Å²) in [5, 5.41) is 14.1. The molecule has 3 rings (SSSR count). The van der Waals surface area contributed by atoms with Gasteiger partial charge in [0.25, 0.3) is 0 Å². The number of carbonyl (C=O) groups is 1. The van der Waals surface area contributed by atoms with Crippen molar-refractivity contribution in [3.05, 3.63) is 80.8 Å². The van der Waals surface area contributed by atoms with E-state index < -0.39 is 28.6 Å². The second kappa shape index (κ2) is 11.5. The van der Waals surface area contributed by atoms with E-state index in [-0.39, 0.29) is 31.9 Å². The summed E-state index contributed by atoms with van der Waals surface area (Å²) in [5.41, 5.74) is 0.753. The molecule has 3 N–H and O–H groups in total. The summed E-state index contributed by atoms with van der Waals surface area (Å²) in [7, 11) is -1.25. The normalized spacial score (nSPS) is 12.2. The predicted octanol–water partition coefficient (Wildman–Crippen LogP) is 4.66. The number of hydrogen-bond acceptors (Lipinski definition) is 6. The fourth-order valence-corrected chi connectivity index (χ4v) is 4.76. The zero-order chi connectivity index (χ0) is 25.8. The minimum absolute atomic E-state index is 0.118. The van der Waals surface area contributed by atoms with Crippen LogP contribution in [0, 0.1) is 0 Å². The van der Waals surface area contributed by atoms with Crippen molar-refractivity contribution in [2.45, 2.75) is 11.0 Å². The lowest BCUT2D eigenvalue weighted by molar-refractivity contribution is -0.115. The van der Waals surface area contributed by atoms with Crippen LogP contribution < -0.4 is 19.5 Å². The van der Waals surface area contributed by atoms with Crippen molar-refractivity contribution in [2.24, 2.45) is 0 Å². The molecule has 0 saturated heterocycles. The molecule has 1 amide bonds. The Morgan fingerprint density at radius 2 is 1.57 bits per heavy atom. The van der Waals surface area contributed by atoms with Gasteiger partial charge in [-0.15, -0.1) is 0 Å². The summed E-state index contributed by atoms with van der Waals surface area (Å²) in [6.07, 6.45) is -1.24. The topological polar surface area (TPSA) is 114 Å². The van der Waals surface area contributed by atoms with Gasteiger partial charge < -0.3 is 19.9 Å². The third kappa shape index (κ3) is 6.38. The zero-order valence-electron chi connectivity index (χ0n) is 18.5. The zero-order valence-corrected chi connectivity index (χ0v) is 21.6. The van der Waals surface area contributed by atoms with Crippen molar-refractivity contribution < 1.29 is 27.8 Å². The van der Waals surface area contributed by atoms with Crippen LogP contribution in [0.15, 0.2) is 59.5 Å². The van der Waals surface area contributed by atoms with Crippen LogP contribution in [0.1, 0.15) is 17.2 Å². The Balaban J connectivity index is 1.80. The lowest BCUT2D eigenvalue weighted by atomic mass is 9.99. The second-order valence-electron chi connectivity index (χ2n) is 7.17. The molecule has 1 unspecified atom stereocenters. The maximum Gasteiger partial charge on any atom is 0.241 e. The van der Waals surface area contributed by atoms with Crippen molar-refractivity contribution in [2.75, 3.05) is 26.1 Å². The van der Waals surface area contributed by atoms with Crippen molar-refractivity contribution in [1.29, 1.82) is 0 Å². The van der Waals surface area contributed by atoms with Crippen LogP contribution in [0.25, 0.3) is 0 Å². The van der Waals surface area contributed by atoms with Crippen LogP contribution in [0.3, 0.4) is 0 Å². The number of benzene rings is 3. The number of rotatable bonds is 9. The largest absolute Gasteiger partial charge is 0.493 e. The Morgan fingerprint density at radius 3 is 2.23 bits per heavy atom. The molecule has 0 radical (unpaired) electrons. The second-order valence-corrected chi connectivity index (χ2v) is 10.2. The first kappa shape index (κ1) is 27.1. The van der Waals surface area contributed by atoms with Crippen LogP contribution >= 0.6 is 34.8 Å². The Kier molecular flexibility index (Phi) is 8.87. The number of aliphatic hydroxyl groups is 1. The van der Waals surface area contributed by atoms with Gasteiger partial charge in [-0.2, -0.15) is 0 Å². The van der Waals surface area contributed by atoms with E-state index in [4.69, 9.17) is 44.3 Å². The van der Waals surface area contributed by atoms with Gasteiger partial charge in [0.1, 0.15) is 6.10 Å². The molecule has 8 nitrogen and oxygen atoms in total. The number of anilines is 1. The van der Waals surface area contributed by atoms with Crippen LogP contribution in [-0.4, -0.2) is 40.2 Å². The fourth-order valence-electron chi connectivity index (χ4n) is 3.18. The van der Waals surface area contributed by atoms with Crippen molar-refractivity contribution in [3.8, 4) is 11.5 Å². The van der Waals surface area contributed by atoms with E-state index in [0.717, 1.165) is 0 Å². The predicted molar refractivity (Wildman–Crippen MR) is 135 cm³/mol. The summed E-state index contributed by atoms with van der Waals surface area (Å²) >= 11 is 18.4. The third-order valence-electron chi connectivity index (χ3n) is 4.95. The minimum atomic E-state index is -4.06. The Labute approximate surface area is 217 Å². The highest BCUT2D eigenvalue weighted by Crippen LogP contribution is 2.37. The van der Waals surface area contributed by atoms with E-state index in [1.807, 2.05) is 0 Å². The maximum absolute atomic E-state index is 12.7. The van der Waals surface area contributed by atoms with Crippen molar-refractivity contribution >= 4 is 56.4 Å². The maximum atomic E-state index is 12.7. The smallest absolute Gasteiger partial charge is 0.241 e. The van der Waals surface area contributed by atoms with E-state index in [1.165, 1.54) is 44.6 Å². The highest BCUT2D eigenvalue weighted by atomic mass is 35.5. The van der Waals surface area contributed by atoms with E-state index >= 15 is 0 Å². The molecule has 0 bridgehead atoms. The molecular formula is C23H21Cl3N2O6S. The van der Waals surface area contributed by atoms with Gasteiger partial charge in [-0.3, -0.25) is 4.79 Å². The quantitative estimate of drug-likeness (QED) is 0.351. The standard InChI is InChI=1S/C23H21Cl3N2O6S/c1-33-20-8-7-13(9-21(20)34-2)35(31,32)27-12-22(29)28-19-11-18(26)17(25)10-15(19)23(30)14-5-3-4-6-16(14)24/h3-11,23,27,30H,12H2,1-2H3,(H,28,29). The SMILES string of the molecule is COc1ccc(S(=O)(=O)NCC(=O)Nc2cc(Cl)c(Cl)cc2C(O)c2ccccc2Cl)cc1OC. The lowest BCUT2D eigenvalue weighted by Crippen LogP contribution is -2.33. The molecule has 0 heterocycles. The molecule has 12 heteroatoms. The fraction of sp³-hybridized carbons (Fsp3) is 0.174. The molecule has 3 aromatic rings. The van der Waals surface area contributed by atoms with Gasteiger partial charge in [-0.25, -0.2) is 13.1 Å². The minimum Gasteiger partial charge on any atom is -0.493 e. The number of methoxy groups -OCH3 is 2. The molecule has 0 aliphatic carbocycles. The first-order valence-corrected chi connectivity index (χ1v) is 12.6. The number of sulfonamides is 1. The molecular weight excluding hydrogens is 539 g/mol. The first-order valence-electron chi connectivity index (χ1n) is 10.0. The molecule has 35 heavy (non-hydrogen) atoms. The van der Waals surface area contributed by atoms with Crippen molar-refractivity contribution in [3.63, 3.8) is 0 Å². The summed E-state index contributed by atoms with van der Waals surface area (Å²) in [6, 6.07) is 13.4. The van der Waals surface area contributed by atoms with Gasteiger partial charge in [0.05, 0.1) is 35.7 Å². The molecule has 0 aliphatic rings. The summed E-state index contributed by atoms with van der Waals surface area (Å²) < 4.78 is 37.8. The highest BCUT2D eigenvalue weighted by Gasteiger charge is 2.22. The number of ether oxygens (including phenoxy) is 2. The molecule has 186 valence electrons. The third-order valence-corrected chi connectivity index (χ3v) is 7.41. The van der Waals surface area contributed by atoms with Gasteiger partial charge in [0, 0.05) is 27.9 Å². The first-order chi connectivity index (χ1) is 16.6. The summed E-state index contributed by atoms with van der Waals surface area (Å²) in [4.78, 5) is 12.5. The molecule has 0 fully saturated rings. The van der Waals surface area contributed by atoms with E-state index in [2.05, 4.69) is 10.0 Å². The number of hydrogen-bond donors (Lipinski definition) is 3. The van der Waals surface area contributed by atoms with Crippen LogP contribution in [0.5, 0.6) is 11.5 Å². The molecule has 0 aliphatic heterocycles. The average molecular weight is 560 g/mol. The van der Waals surface area contributed by atoms with Gasteiger partial charge in [0.15, 0.2) is 11.5 Å². The molecule has 3 aromatic carbocycles. The van der Waals surface area contributed by atoms with Crippen LogP contribution in [-0.2, 0) is 14.8 Å². The van der Waals surface area contributed by atoms with Gasteiger partial charge in [-0.1, -0.05) is 53.0 Å². The molecule has 1 atom stereocenters. The monoisotopic (exact) mass is 558 g/mol. The lowest BCUT2D eigenvalue weighted by Gasteiger charge is -2.19. The van der Waals surface area contributed by atoms with E-state index in [9.17, 15) is 18.3 Å². The Morgan fingerprint density at radius 1 is 0.914 bits per heavy atom. The Hall–Kier alpha value is -2.53. The number of carbonyl (C=O) groups excluding carboxylic acids is 1. The van der Waals surface area contributed by atoms with E-state index in [0.29, 0.717) is 16.3 Å². The number of aliphatic hydroxyl groups excluding tert-OH is 1.